The van der Waals surface area contributed by atoms with Crippen molar-refractivity contribution < 1.29 is 14.9 Å². The minimum atomic E-state index is -0.969. The van der Waals surface area contributed by atoms with Crippen LogP contribution in [0.3, 0.4) is 0 Å². The maximum Gasteiger partial charge on any atom is 0.216 e. The van der Waals surface area contributed by atoms with E-state index in [2.05, 4.69) is 11.0 Å². The second-order valence-corrected chi connectivity index (χ2v) is 6.55. The Labute approximate surface area is 115 Å². The Morgan fingerprint density at radius 1 is 1.42 bits per heavy atom. The van der Waals surface area contributed by atoms with Gasteiger partial charge in [-0.15, -0.1) is 0 Å². The number of hydrogen-bond donors (Lipinski definition) is 2. The van der Waals surface area contributed by atoms with Crippen LogP contribution in [0.25, 0.3) is 0 Å². The lowest BCUT2D eigenvalue weighted by atomic mass is 9.91. The van der Waals surface area contributed by atoms with Crippen molar-refractivity contribution in [1.29, 1.82) is 0 Å². The molecule has 110 valence electrons. The molecule has 0 aliphatic carbocycles. The molecule has 5 nitrogen and oxygen atoms in total. The van der Waals surface area contributed by atoms with Gasteiger partial charge in [-0.05, 0) is 39.8 Å². The van der Waals surface area contributed by atoms with Crippen LogP contribution in [-0.2, 0) is 4.74 Å². The number of ether oxygens (including phenoxy) is 1. The summed E-state index contributed by atoms with van der Waals surface area (Å²) in [4.78, 5) is 3.98. The van der Waals surface area contributed by atoms with Crippen molar-refractivity contribution in [1.82, 2.24) is 9.80 Å². The number of β-amino-alcohol motifs (C(OH)–C–C–N with tert-alkyl or cyclic N) is 1. The van der Waals surface area contributed by atoms with Crippen molar-refractivity contribution in [3.8, 4) is 0 Å². The largest absolute Gasteiger partial charge is 0.390 e. The number of likely N-dealkylation sites (N-methyl/N-ethyl adjacent to an activating group) is 1. The molecular weight excluding hydrogens is 244 g/mol. The van der Waals surface area contributed by atoms with Crippen molar-refractivity contribution in [2.24, 2.45) is 0 Å². The van der Waals surface area contributed by atoms with Crippen LogP contribution in [0.2, 0.25) is 0 Å². The van der Waals surface area contributed by atoms with Gasteiger partial charge in [0, 0.05) is 19.6 Å². The summed E-state index contributed by atoms with van der Waals surface area (Å²) in [6, 6.07) is 0.0897. The lowest BCUT2D eigenvalue weighted by Gasteiger charge is -2.45. The highest BCUT2D eigenvalue weighted by atomic mass is 16.6. The first-order valence-electron chi connectivity index (χ1n) is 6.95. The summed E-state index contributed by atoms with van der Waals surface area (Å²) in [7, 11) is 2.04. The Morgan fingerprint density at radius 3 is 2.74 bits per heavy atom. The fourth-order valence-electron chi connectivity index (χ4n) is 2.89. The van der Waals surface area contributed by atoms with E-state index < -0.39 is 18.1 Å². The predicted molar refractivity (Wildman–Crippen MR) is 73.5 cm³/mol. The van der Waals surface area contributed by atoms with Gasteiger partial charge in [-0.1, -0.05) is 6.08 Å². The first-order chi connectivity index (χ1) is 8.78. The van der Waals surface area contributed by atoms with E-state index >= 15 is 0 Å². The van der Waals surface area contributed by atoms with E-state index in [1.807, 2.05) is 27.8 Å². The number of hydrogen-bond acceptors (Lipinski definition) is 5. The average Bonchev–Trinajstić information content (AvgIpc) is 2.26. The summed E-state index contributed by atoms with van der Waals surface area (Å²) in [5, 5.41) is 20.4. The summed E-state index contributed by atoms with van der Waals surface area (Å²) in [5.41, 5.74) is 0.780. The molecule has 1 saturated heterocycles. The summed E-state index contributed by atoms with van der Waals surface area (Å²) in [5.74, 6) is 0. The van der Waals surface area contributed by atoms with Crippen LogP contribution >= 0.6 is 0 Å². The van der Waals surface area contributed by atoms with Crippen LogP contribution in [0, 0.1) is 0 Å². The van der Waals surface area contributed by atoms with Crippen molar-refractivity contribution in [2.45, 2.75) is 51.4 Å². The normalized spacial score (nSPS) is 31.8. The predicted octanol–water partition coefficient (Wildman–Crippen LogP) is 0.384. The Balaban J connectivity index is 2.05. The molecule has 0 aromatic rings. The lowest BCUT2D eigenvalue weighted by molar-refractivity contribution is -0.246. The first-order valence-corrected chi connectivity index (χ1v) is 6.95. The van der Waals surface area contributed by atoms with Crippen LogP contribution < -0.4 is 0 Å². The average molecular weight is 270 g/mol. The van der Waals surface area contributed by atoms with Crippen LogP contribution in [0.15, 0.2) is 11.6 Å². The topological polar surface area (TPSA) is 56.2 Å². The van der Waals surface area contributed by atoms with Gasteiger partial charge in [0.1, 0.15) is 0 Å². The molecule has 0 aromatic carbocycles. The zero-order valence-electron chi connectivity index (χ0n) is 12.3. The summed E-state index contributed by atoms with van der Waals surface area (Å²) in [6.45, 7) is 7.80. The highest BCUT2D eigenvalue weighted by Crippen LogP contribution is 2.27. The van der Waals surface area contributed by atoms with Gasteiger partial charge >= 0.3 is 0 Å². The van der Waals surface area contributed by atoms with Crippen LogP contribution in [0.5, 0.6) is 0 Å². The quantitative estimate of drug-likeness (QED) is 0.561. The number of rotatable bonds is 2. The van der Waals surface area contributed by atoms with Gasteiger partial charge in [-0.3, -0.25) is 4.90 Å². The molecule has 1 fully saturated rings. The molecule has 2 aliphatic heterocycles. The van der Waals surface area contributed by atoms with Crippen LogP contribution in [0.4, 0.5) is 0 Å². The zero-order valence-corrected chi connectivity index (χ0v) is 12.3. The highest BCUT2D eigenvalue weighted by Gasteiger charge is 2.38. The molecule has 0 radical (unpaired) electrons. The van der Waals surface area contributed by atoms with Crippen molar-refractivity contribution >= 4 is 0 Å². The van der Waals surface area contributed by atoms with Crippen LogP contribution in [-0.4, -0.2) is 70.9 Å². The molecule has 19 heavy (non-hydrogen) atoms. The van der Waals surface area contributed by atoms with Crippen molar-refractivity contribution in [3.63, 3.8) is 0 Å². The molecule has 0 aromatic heterocycles. The van der Waals surface area contributed by atoms with Gasteiger partial charge in [0.05, 0.1) is 17.7 Å². The molecule has 2 N–H and O–H groups in total. The van der Waals surface area contributed by atoms with E-state index in [0.29, 0.717) is 13.1 Å². The third-order valence-electron chi connectivity index (χ3n) is 3.69. The van der Waals surface area contributed by atoms with E-state index in [9.17, 15) is 10.2 Å². The summed E-state index contributed by atoms with van der Waals surface area (Å²) < 4.78 is 5.56. The van der Waals surface area contributed by atoms with Gasteiger partial charge in [-0.2, -0.15) is 0 Å². The number of fused-ring (bicyclic) bond motifs is 1. The number of likely N-dealkylation sites (tertiary alicyclic amines) is 1. The minimum Gasteiger partial charge on any atom is -0.390 e. The number of nitrogens with zero attached hydrogens (tertiary/aromatic N) is 2. The van der Waals surface area contributed by atoms with Gasteiger partial charge in [-0.25, -0.2) is 4.90 Å². The second kappa shape index (κ2) is 5.50. The molecule has 5 heteroatoms. The fourth-order valence-corrected chi connectivity index (χ4v) is 2.89. The van der Waals surface area contributed by atoms with Gasteiger partial charge < -0.3 is 14.9 Å². The molecule has 2 heterocycles. The first kappa shape index (κ1) is 14.9. The van der Waals surface area contributed by atoms with Gasteiger partial charge in [0.15, 0.2) is 0 Å². The molecule has 0 bridgehead atoms. The van der Waals surface area contributed by atoms with Crippen molar-refractivity contribution in [3.05, 3.63) is 11.6 Å². The van der Waals surface area contributed by atoms with Crippen LogP contribution in [0.1, 0.15) is 27.2 Å². The molecule has 3 atom stereocenters. The fraction of sp³-hybridized carbons (Fsp3) is 0.857. The maximum atomic E-state index is 10.3. The zero-order chi connectivity index (χ0) is 14.2. The lowest BCUT2D eigenvalue weighted by Crippen LogP contribution is -2.59. The van der Waals surface area contributed by atoms with E-state index in [1.54, 1.807) is 4.90 Å². The van der Waals surface area contributed by atoms with E-state index in [-0.39, 0.29) is 6.04 Å². The number of aliphatic hydroxyl groups is 2. The van der Waals surface area contributed by atoms with E-state index in [1.165, 1.54) is 5.57 Å². The van der Waals surface area contributed by atoms with E-state index in [4.69, 9.17) is 4.74 Å². The molecule has 0 amide bonds. The van der Waals surface area contributed by atoms with Crippen molar-refractivity contribution in [2.75, 3.05) is 26.7 Å². The third-order valence-corrected chi connectivity index (χ3v) is 3.69. The minimum absolute atomic E-state index is 0.0897. The number of aliphatic hydroxyl groups excluding tert-OH is 2. The maximum absolute atomic E-state index is 10.3. The molecule has 0 spiro atoms. The monoisotopic (exact) mass is 270 g/mol. The Morgan fingerprint density at radius 2 is 2.11 bits per heavy atom. The molecular formula is C14H26N2O3. The Kier molecular flexibility index (Phi) is 4.32. The third kappa shape index (κ3) is 3.55. The molecule has 0 saturated carbocycles. The Bertz CT molecular complexity index is 351. The SMILES string of the molecule is CN1CCC=C2CN(C(O)OC(C)(C)C)CC(O)C21. The second-order valence-electron chi connectivity index (χ2n) is 6.55. The Hall–Kier alpha value is -0.460. The van der Waals surface area contributed by atoms with E-state index in [0.717, 1.165) is 13.0 Å². The van der Waals surface area contributed by atoms with Gasteiger partial charge in [0.2, 0.25) is 6.41 Å². The summed E-state index contributed by atoms with van der Waals surface area (Å²) in [6.07, 6.45) is 1.73. The van der Waals surface area contributed by atoms with Gasteiger partial charge in [0.25, 0.3) is 0 Å². The molecule has 2 aliphatic rings. The highest BCUT2D eigenvalue weighted by molar-refractivity contribution is 5.21. The smallest absolute Gasteiger partial charge is 0.216 e. The summed E-state index contributed by atoms with van der Waals surface area (Å²) >= 11 is 0. The molecule has 3 unspecified atom stereocenters. The number of piperidine rings is 1. The molecule has 2 rings (SSSR count). The standard InChI is InChI=1S/C14H26N2O3/c1-14(2,3)19-13(18)16-8-10-6-5-7-15(4)12(10)11(17)9-16/h6,11-13,17-18H,5,7-9H2,1-4H3.